The Balaban J connectivity index is 1.61. The van der Waals surface area contributed by atoms with Gasteiger partial charge in [0.1, 0.15) is 11.6 Å². The molecule has 0 spiro atoms. The van der Waals surface area contributed by atoms with E-state index in [1.165, 1.54) is 5.69 Å². The summed E-state index contributed by atoms with van der Waals surface area (Å²) in [5.41, 5.74) is 1.91. The minimum Gasteiger partial charge on any atom is -0.497 e. The van der Waals surface area contributed by atoms with Crippen LogP contribution >= 0.6 is 0 Å². The van der Waals surface area contributed by atoms with Crippen LogP contribution in [0.3, 0.4) is 0 Å². The highest BCUT2D eigenvalue weighted by Gasteiger charge is 2.20. The van der Waals surface area contributed by atoms with Crippen LogP contribution < -0.4 is 14.5 Å². The molecule has 28 heavy (non-hydrogen) atoms. The minimum absolute atomic E-state index is 0.0639. The highest BCUT2D eigenvalue weighted by atomic mass is 16.5. The van der Waals surface area contributed by atoms with E-state index in [9.17, 15) is 4.79 Å². The third-order valence-electron chi connectivity index (χ3n) is 5.23. The lowest BCUT2D eigenvalue weighted by atomic mass is 10.2. The molecule has 2 heterocycles. The van der Waals surface area contributed by atoms with Gasteiger partial charge in [-0.1, -0.05) is 13.3 Å². The van der Waals surface area contributed by atoms with Crippen LogP contribution in [0, 0.1) is 0 Å². The van der Waals surface area contributed by atoms with Gasteiger partial charge < -0.3 is 19.4 Å². The highest BCUT2D eigenvalue weighted by molar-refractivity contribution is 5.94. The maximum absolute atomic E-state index is 12.6. The van der Waals surface area contributed by atoms with Crippen molar-refractivity contribution in [1.82, 2.24) is 9.88 Å². The quantitative estimate of drug-likeness (QED) is 0.735. The molecule has 1 aliphatic rings. The normalized spacial score (nSPS) is 14.1. The van der Waals surface area contributed by atoms with Gasteiger partial charge in [-0.2, -0.15) is 0 Å². The first-order chi connectivity index (χ1) is 13.6. The molecule has 1 amide bonds. The number of pyridine rings is 1. The van der Waals surface area contributed by atoms with E-state index >= 15 is 0 Å². The van der Waals surface area contributed by atoms with Gasteiger partial charge >= 0.3 is 0 Å². The molecule has 0 aliphatic carbocycles. The van der Waals surface area contributed by atoms with Crippen LogP contribution in [0.4, 0.5) is 11.5 Å². The summed E-state index contributed by atoms with van der Waals surface area (Å²) in [5, 5.41) is 0. The molecule has 0 atom stereocenters. The molecule has 6 nitrogen and oxygen atoms in total. The summed E-state index contributed by atoms with van der Waals surface area (Å²) in [6.45, 7) is 6.51. The van der Waals surface area contributed by atoms with Gasteiger partial charge in [0.15, 0.2) is 0 Å². The first-order valence-corrected chi connectivity index (χ1v) is 9.98. The first kappa shape index (κ1) is 20.0. The SMILES string of the molecule is CCCCN(C)C(=O)c1ccnc(N2CCN(c3ccc(OC)cc3)CC2)c1. The Hall–Kier alpha value is -2.76. The molecule has 0 unspecified atom stereocenters. The molecule has 1 saturated heterocycles. The highest BCUT2D eigenvalue weighted by Crippen LogP contribution is 2.22. The number of methoxy groups -OCH3 is 1. The number of benzene rings is 1. The van der Waals surface area contributed by atoms with Crippen LogP contribution in [0.1, 0.15) is 30.1 Å². The van der Waals surface area contributed by atoms with E-state index in [-0.39, 0.29) is 5.91 Å². The van der Waals surface area contributed by atoms with Gasteiger partial charge in [-0.05, 0) is 42.8 Å². The Morgan fingerprint density at radius 3 is 2.43 bits per heavy atom. The molecule has 6 heteroatoms. The van der Waals surface area contributed by atoms with Crippen molar-refractivity contribution in [2.75, 3.05) is 56.7 Å². The van der Waals surface area contributed by atoms with Crippen LogP contribution in [0.5, 0.6) is 5.75 Å². The van der Waals surface area contributed by atoms with E-state index in [0.29, 0.717) is 5.56 Å². The van der Waals surface area contributed by atoms with Crippen molar-refractivity contribution in [2.24, 2.45) is 0 Å². The number of anilines is 2. The molecular formula is C22H30N4O2. The van der Waals surface area contributed by atoms with E-state index in [4.69, 9.17) is 4.74 Å². The fraction of sp³-hybridized carbons (Fsp3) is 0.455. The lowest BCUT2D eigenvalue weighted by Gasteiger charge is -2.36. The van der Waals surface area contributed by atoms with E-state index in [2.05, 4.69) is 33.8 Å². The average Bonchev–Trinajstić information content (AvgIpc) is 2.77. The molecule has 1 aromatic carbocycles. The molecule has 0 N–H and O–H groups in total. The zero-order chi connectivity index (χ0) is 19.9. The summed E-state index contributed by atoms with van der Waals surface area (Å²) in [7, 11) is 3.55. The molecular weight excluding hydrogens is 352 g/mol. The summed E-state index contributed by atoms with van der Waals surface area (Å²) >= 11 is 0. The Kier molecular flexibility index (Phi) is 6.74. The largest absolute Gasteiger partial charge is 0.497 e. The number of hydrogen-bond acceptors (Lipinski definition) is 5. The van der Waals surface area contributed by atoms with Gasteiger partial charge in [0.2, 0.25) is 0 Å². The number of carbonyl (C=O) groups is 1. The second-order valence-corrected chi connectivity index (χ2v) is 7.16. The number of ether oxygens (including phenoxy) is 1. The fourth-order valence-electron chi connectivity index (χ4n) is 3.43. The maximum Gasteiger partial charge on any atom is 0.253 e. The van der Waals surface area contributed by atoms with Crippen LogP contribution in [0.2, 0.25) is 0 Å². The van der Waals surface area contributed by atoms with Crippen molar-refractivity contribution in [3.8, 4) is 5.75 Å². The smallest absolute Gasteiger partial charge is 0.253 e. The van der Waals surface area contributed by atoms with Gasteiger partial charge in [0.05, 0.1) is 7.11 Å². The number of carbonyl (C=O) groups excluding carboxylic acids is 1. The zero-order valence-electron chi connectivity index (χ0n) is 17.1. The number of rotatable bonds is 7. The number of amides is 1. The first-order valence-electron chi connectivity index (χ1n) is 9.98. The van der Waals surface area contributed by atoms with Crippen molar-refractivity contribution in [3.05, 3.63) is 48.2 Å². The van der Waals surface area contributed by atoms with Crippen LogP contribution in [-0.2, 0) is 0 Å². The Morgan fingerprint density at radius 1 is 1.11 bits per heavy atom. The number of unbranched alkanes of at least 4 members (excludes halogenated alkanes) is 1. The van der Waals surface area contributed by atoms with Crippen molar-refractivity contribution in [3.63, 3.8) is 0 Å². The monoisotopic (exact) mass is 382 g/mol. The number of hydrogen-bond donors (Lipinski definition) is 0. The van der Waals surface area contributed by atoms with Gasteiger partial charge in [0.25, 0.3) is 5.91 Å². The molecule has 3 rings (SSSR count). The standard InChI is InChI=1S/C22H30N4O2/c1-4-5-12-24(2)22(27)18-10-11-23-21(17-18)26-15-13-25(14-16-26)19-6-8-20(28-3)9-7-19/h6-11,17H,4-5,12-16H2,1-3H3. The van der Waals surface area contributed by atoms with Crippen LogP contribution in [-0.4, -0.2) is 62.7 Å². The molecule has 150 valence electrons. The van der Waals surface area contributed by atoms with Gasteiger partial charge in [-0.25, -0.2) is 4.98 Å². The summed E-state index contributed by atoms with van der Waals surface area (Å²) < 4.78 is 5.23. The van der Waals surface area contributed by atoms with Crippen LogP contribution in [0.25, 0.3) is 0 Å². The summed E-state index contributed by atoms with van der Waals surface area (Å²) in [5.74, 6) is 1.81. The van der Waals surface area contributed by atoms with Crippen LogP contribution in [0.15, 0.2) is 42.6 Å². The average molecular weight is 383 g/mol. The summed E-state index contributed by atoms with van der Waals surface area (Å²) in [6.07, 6.45) is 3.84. The van der Waals surface area contributed by atoms with Gasteiger partial charge in [-0.15, -0.1) is 0 Å². The summed E-state index contributed by atoms with van der Waals surface area (Å²) in [4.78, 5) is 23.6. The molecule has 1 fully saturated rings. The van der Waals surface area contributed by atoms with E-state index in [0.717, 1.165) is 57.1 Å². The van der Waals surface area contributed by atoms with E-state index in [1.54, 1.807) is 18.2 Å². The van der Waals surface area contributed by atoms with Gasteiger partial charge in [-0.3, -0.25) is 4.79 Å². The lowest BCUT2D eigenvalue weighted by molar-refractivity contribution is 0.0793. The van der Waals surface area contributed by atoms with E-state index in [1.807, 2.05) is 31.3 Å². The van der Waals surface area contributed by atoms with Crippen molar-refractivity contribution >= 4 is 17.4 Å². The summed E-state index contributed by atoms with van der Waals surface area (Å²) in [6, 6.07) is 11.9. The fourth-order valence-corrected chi connectivity index (χ4v) is 3.43. The second kappa shape index (κ2) is 9.44. The minimum atomic E-state index is 0.0639. The lowest BCUT2D eigenvalue weighted by Crippen LogP contribution is -2.46. The van der Waals surface area contributed by atoms with Crippen molar-refractivity contribution < 1.29 is 9.53 Å². The number of aromatic nitrogens is 1. The van der Waals surface area contributed by atoms with E-state index < -0.39 is 0 Å². The second-order valence-electron chi connectivity index (χ2n) is 7.16. The Morgan fingerprint density at radius 2 is 1.79 bits per heavy atom. The molecule has 0 bridgehead atoms. The van der Waals surface area contributed by atoms with Gasteiger partial charge in [0, 0.05) is 57.2 Å². The Labute approximate surface area is 167 Å². The topological polar surface area (TPSA) is 48.9 Å². The third-order valence-corrected chi connectivity index (χ3v) is 5.23. The molecule has 1 aliphatic heterocycles. The maximum atomic E-state index is 12.6. The number of nitrogens with zero attached hydrogens (tertiary/aromatic N) is 4. The molecule has 2 aromatic rings. The van der Waals surface area contributed by atoms with Crippen molar-refractivity contribution in [2.45, 2.75) is 19.8 Å². The predicted octanol–water partition coefficient (Wildman–Crippen LogP) is 3.29. The Bertz CT molecular complexity index is 770. The number of piperazine rings is 1. The third kappa shape index (κ3) is 4.74. The molecule has 1 aromatic heterocycles. The molecule has 0 radical (unpaired) electrons. The predicted molar refractivity (Wildman–Crippen MR) is 114 cm³/mol. The van der Waals surface area contributed by atoms with Crippen molar-refractivity contribution in [1.29, 1.82) is 0 Å². The molecule has 0 saturated carbocycles. The zero-order valence-corrected chi connectivity index (χ0v) is 17.1.